The first kappa shape index (κ1) is 16.0. The summed E-state index contributed by atoms with van der Waals surface area (Å²) in [6.45, 7) is 4.21. The van der Waals surface area contributed by atoms with Crippen molar-refractivity contribution < 1.29 is 9.90 Å². The van der Waals surface area contributed by atoms with Crippen LogP contribution in [0.1, 0.15) is 27.2 Å². The SMILES string of the molecule is C=CCC(CO)CNC(=O)c1cc2c(s1)-c1ccccc1CC2. The van der Waals surface area contributed by atoms with Gasteiger partial charge in [0.2, 0.25) is 0 Å². The minimum Gasteiger partial charge on any atom is -0.396 e. The lowest BCUT2D eigenvalue weighted by Crippen LogP contribution is -2.30. The number of nitrogens with one attached hydrogen (secondary N) is 1. The summed E-state index contributed by atoms with van der Waals surface area (Å²) in [6.07, 6.45) is 4.50. The molecule has 3 rings (SSSR count). The summed E-state index contributed by atoms with van der Waals surface area (Å²) in [6, 6.07) is 10.4. The Morgan fingerprint density at radius 2 is 2.13 bits per heavy atom. The summed E-state index contributed by atoms with van der Waals surface area (Å²) < 4.78 is 0. The standard InChI is InChI=1S/C19H21NO2S/c1-2-5-13(12-21)11-20-19(22)17-10-15-9-8-14-6-3-4-7-16(14)18(15)23-17/h2-4,6-7,10,13,21H,1,5,8-9,11-12H2,(H,20,22). The molecule has 2 N–H and O–H groups in total. The molecule has 0 radical (unpaired) electrons. The molecule has 4 heteroatoms. The molecule has 1 aliphatic rings. The number of thiophene rings is 1. The normalized spacial score (nSPS) is 13.8. The molecule has 1 heterocycles. The summed E-state index contributed by atoms with van der Waals surface area (Å²) in [7, 11) is 0. The summed E-state index contributed by atoms with van der Waals surface area (Å²) in [4.78, 5) is 14.4. The van der Waals surface area contributed by atoms with Crippen LogP contribution in [-0.2, 0) is 12.8 Å². The van der Waals surface area contributed by atoms with Gasteiger partial charge in [0, 0.05) is 23.9 Å². The average Bonchev–Trinajstić information content (AvgIpc) is 3.03. The van der Waals surface area contributed by atoms with Gasteiger partial charge in [0.25, 0.3) is 5.91 Å². The number of benzene rings is 1. The molecule has 1 amide bonds. The second-order valence-corrected chi connectivity index (χ2v) is 6.96. The highest BCUT2D eigenvalue weighted by atomic mass is 32.1. The molecule has 0 saturated heterocycles. The number of aryl methyl sites for hydroxylation is 2. The molecule has 0 spiro atoms. The zero-order valence-electron chi connectivity index (χ0n) is 13.0. The Labute approximate surface area is 140 Å². The van der Waals surface area contributed by atoms with E-state index in [-0.39, 0.29) is 18.4 Å². The van der Waals surface area contributed by atoms with Crippen molar-refractivity contribution in [2.24, 2.45) is 5.92 Å². The van der Waals surface area contributed by atoms with Crippen LogP contribution in [0, 0.1) is 5.92 Å². The van der Waals surface area contributed by atoms with Crippen molar-refractivity contribution in [2.75, 3.05) is 13.2 Å². The van der Waals surface area contributed by atoms with Crippen molar-refractivity contribution in [1.82, 2.24) is 5.32 Å². The van der Waals surface area contributed by atoms with Crippen LogP contribution in [0.25, 0.3) is 10.4 Å². The molecule has 23 heavy (non-hydrogen) atoms. The number of fused-ring (bicyclic) bond motifs is 3. The van der Waals surface area contributed by atoms with E-state index in [4.69, 9.17) is 0 Å². The van der Waals surface area contributed by atoms with Crippen molar-refractivity contribution >= 4 is 17.2 Å². The van der Waals surface area contributed by atoms with Gasteiger partial charge in [-0.3, -0.25) is 4.79 Å². The molecule has 120 valence electrons. The minimum absolute atomic E-state index is 0.0340. The predicted octanol–water partition coefficient (Wildman–Crippen LogP) is 3.43. The summed E-state index contributed by atoms with van der Waals surface area (Å²) in [5, 5.41) is 12.2. The van der Waals surface area contributed by atoms with E-state index in [1.807, 2.05) is 6.07 Å². The van der Waals surface area contributed by atoms with Crippen LogP contribution in [-0.4, -0.2) is 24.2 Å². The monoisotopic (exact) mass is 327 g/mol. The van der Waals surface area contributed by atoms with Crippen LogP contribution in [0.4, 0.5) is 0 Å². The summed E-state index contributed by atoms with van der Waals surface area (Å²) in [5.41, 5.74) is 3.89. The van der Waals surface area contributed by atoms with Crippen molar-refractivity contribution in [3.63, 3.8) is 0 Å². The van der Waals surface area contributed by atoms with Crippen molar-refractivity contribution in [3.8, 4) is 10.4 Å². The van der Waals surface area contributed by atoms with Crippen molar-refractivity contribution in [1.29, 1.82) is 0 Å². The highest BCUT2D eigenvalue weighted by molar-refractivity contribution is 7.17. The Kier molecular flexibility index (Phi) is 4.94. The van der Waals surface area contributed by atoms with Crippen LogP contribution in [0.5, 0.6) is 0 Å². The van der Waals surface area contributed by atoms with E-state index >= 15 is 0 Å². The molecule has 0 bridgehead atoms. The van der Waals surface area contributed by atoms with Gasteiger partial charge in [-0.25, -0.2) is 0 Å². The Morgan fingerprint density at radius 1 is 1.35 bits per heavy atom. The molecule has 0 saturated carbocycles. The van der Waals surface area contributed by atoms with E-state index in [1.54, 1.807) is 17.4 Å². The zero-order chi connectivity index (χ0) is 16.2. The van der Waals surface area contributed by atoms with Gasteiger partial charge in [-0.1, -0.05) is 30.3 Å². The van der Waals surface area contributed by atoms with Crippen LogP contribution in [0.15, 0.2) is 43.0 Å². The number of hydrogen-bond acceptors (Lipinski definition) is 3. The fraction of sp³-hybridized carbons (Fsp3) is 0.316. The first-order chi connectivity index (χ1) is 11.2. The lowest BCUT2D eigenvalue weighted by atomic mass is 9.91. The molecule has 3 nitrogen and oxygen atoms in total. The Balaban J connectivity index is 1.75. The number of carbonyl (C=O) groups is 1. The third-order valence-corrected chi connectivity index (χ3v) is 5.48. The third-order valence-electron chi connectivity index (χ3n) is 4.27. The molecule has 1 aromatic carbocycles. The third kappa shape index (κ3) is 3.38. The van der Waals surface area contributed by atoms with Crippen molar-refractivity contribution in [3.05, 3.63) is 59.0 Å². The highest BCUT2D eigenvalue weighted by Crippen LogP contribution is 2.39. The smallest absolute Gasteiger partial charge is 0.261 e. The number of aliphatic hydroxyl groups excluding tert-OH is 1. The van der Waals surface area contributed by atoms with E-state index in [0.29, 0.717) is 13.0 Å². The Morgan fingerprint density at radius 3 is 2.91 bits per heavy atom. The van der Waals surface area contributed by atoms with E-state index in [9.17, 15) is 9.90 Å². The van der Waals surface area contributed by atoms with Gasteiger partial charge in [-0.05, 0) is 42.0 Å². The molecular formula is C19H21NO2S. The van der Waals surface area contributed by atoms with E-state index in [1.165, 1.54) is 21.6 Å². The molecule has 0 aliphatic heterocycles. The quantitative estimate of drug-likeness (QED) is 0.799. The number of carbonyl (C=O) groups excluding carboxylic acids is 1. The average molecular weight is 327 g/mol. The maximum atomic E-state index is 12.4. The van der Waals surface area contributed by atoms with Gasteiger partial charge in [-0.15, -0.1) is 17.9 Å². The second kappa shape index (κ2) is 7.11. The topological polar surface area (TPSA) is 49.3 Å². The summed E-state index contributed by atoms with van der Waals surface area (Å²) in [5.74, 6) is -0.0174. The van der Waals surface area contributed by atoms with Gasteiger partial charge >= 0.3 is 0 Å². The molecule has 0 fully saturated rings. The van der Waals surface area contributed by atoms with E-state index in [0.717, 1.165) is 17.7 Å². The van der Waals surface area contributed by atoms with Gasteiger partial charge < -0.3 is 10.4 Å². The van der Waals surface area contributed by atoms with Crippen LogP contribution < -0.4 is 5.32 Å². The fourth-order valence-electron chi connectivity index (χ4n) is 2.97. The lowest BCUT2D eigenvalue weighted by Gasteiger charge is -2.15. The zero-order valence-corrected chi connectivity index (χ0v) is 13.9. The maximum Gasteiger partial charge on any atom is 0.261 e. The first-order valence-corrected chi connectivity index (χ1v) is 8.75. The predicted molar refractivity (Wildman–Crippen MR) is 94.9 cm³/mol. The maximum absolute atomic E-state index is 12.4. The van der Waals surface area contributed by atoms with Crippen LogP contribution in [0.3, 0.4) is 0 Å². The van der Waals surface area contributed by atoms with E-state index in [2.05, 4.69) is 36.2 Å². The molecule has 1 aromatic heterocycles. The lowest BCUT2D eigenvalue weighted by molar-refractivity contribution is 0.0944. The Bertz CT molecular complexity index is 720. The van der Waals surface area contributed by atoms with E-state index < -0.39 is 0 Å². The second-order valence-electron chi connectivity index (χ2n) is 5.91. The highest BCUT2D eigenvalue weighted by Gasteiger charge is 2.21. The number of rotatable bonds is 6. The van der Waals surface area contributed by atoms with Crippen molar-refractivity contribution in [2.45, 2.75) is 19.3 Å². The van der Waals surface area contributed by atoms with Crippen LogP contribution >= 0.6 is 11.3 Å². The largest absolute Gasteiger partial charge is 0.396 e. The summed E-state index contributed by atoms with van der Waals surface area (Å²) >= 11 is 1.56. The molecule has 1 aliphatic carbocycles. The molecule has 1 unspecified atom stereocenters. The van der Waals surface area contributed by atoms with Gasteiger partial charge in [0.1, 0.15) is 0 Å². The first-order valence-electron chi connectivity index (χ1n) is 7.94. The number of aliphatic hydroxyl groups is 1. The minimum atomic E-state index is -0.0515. The molecule has 2 aromatic rings. The number of hydrogen-bond donors (Lipinski definition) is 2. The van der Waals surface area contributed by atoms with Gasteiger partial charge in [-0.2, -0.15) is 0 Å². The molecular weight excluding hydrogens is 306 g/mol. The number of amides is 1. The van der Waals surface area contributed by atoms with Gasteiger partial charge in [0.05, 0.1) is 4.88 Å². The van der Waals surface area contributed by atoms with Crippen LogP contribution in [0.2, 0.25) is 0 Å². The number of allylic oxidation sites excluding steroid dienone is 1. The molecule has 1 atom stereocenters. The van der Waals surface area contributed by atoms with Gasteiger partial charge in [0.15, 0.2) is 0 Å². The fourth-order valence-corrected chi connectivity index (χ4v) is 4.15. The Hall–Kier alpha value is -1.91.